The molecule has 8 nitrogen and oxygen atoms in total. The van der Waals surface area contributed by atoms with Crippen molar-refractivity contribution in [2.45, 2.75) is 32.9 Å². The Hall–Kier alpha value is -4.77. The Balaban J connectivity index is 1.45. The van der Waals surface area contributed by atoms with E-state index in [9.17, 15) is 9.59 Å². The van der Waals surface area contributed by atoms with Gasteiger partial charge in [-0.05, 0) is 37.6 Å². The highest BCUT2D eigenvalue weighted by molar-refractivity contribution is 6.35. The van der Waals surface area contributed by atoms with Crippen LogP contribution in [0.4, 0.5) is 11.5 Å². The number of Topliss-reactive ketones (excluding diaryl/α,β-unsaturated/α-hetero) is 1. The Bertz CT molecular complexity index is 1580. The van der Waals surface area contributed by atoms with Gasteiger partial charge in [0.25, 0.3) is 5.91 Å². The van der Waals surface area contributed by atoms with Gasteiger partial charge in [0, 0.05) is 66.6 Å². The summed E-state index contributed by atoms with van der Waals surface area (Å²) in [6, 6.07) is 17.2. The van der Waals surface area contributed by atoms with Crippen LogP contribution in [-0.4, -0.2) is 58.8 Å². The number of hydrogen-bond donors (Lipinski definition) is 0. The lowest BCUT2D eigenvalue weighted by atomic mass is 9.99. The van der Waals surface area contributed by atoms with Crippen LogP contribution in [0.5, 0.6) is 5.75 Å². The molecule has 4 aromatic rings. The number of ether oxygens (including phenoxy) is 1. The van der Waals surface area contributed by atoms with E-state index in [1.54, 1.807) is 12.0 Å². The van der Waals surface area contributed by atoms with Crippen molar-refractivity contribution in [2.24, 2.45) is 0 Å². The second kappa shape index (κ2) is 10.5. The minimum atomic E-state index is -0.437. The number of methoxy groups -OCH3 is 1. The van der Waals surface area contributed by atoms with Crippen LogP contribution in [-0.2, 0) is 9.59 Å². The molecule has 0 aliphatic carbocycles. The molecular weight excluding hydrogens is 490 g/mol. The zero-order valence-electron chi connectivity index (χ0n) is 22.4. The number of ketones is 1. The molecule has 0 spiro atoms. The summed E-state index contributed by atoms with van der Waals surface area (Å²) in [6.45, 7) is 13.6. The fraction of sp³-hybridized carbons (Fsp3) is 0.258. The van der Waals surface area contributed by atoms with E-state index in [-0.39, 0.29) is 12.1 Å². The number of pyridine rings is 2. The Labute approximate surface area is 227 Å². The molecule has 2 aromatic carbocycles. The van der Waals surface area contributed by atoms with Crippen LogP contribution >= 0.6 is 0 Å². The first kappa shape index (κ1) is 25.9. The maximum atomic E-state index is 12.4. The molecule has 2 atom stereocenters. The molecule has 196 valence electrons. The number of hydrogen-bond acceptors (Lipinski definition) is 6. The first-order valence-electron chi connectivity index (χ1n) is 12.8. The summed E-state index contributed by atoms with van der Waals surface area (Å²) in [5, 5.41) is 0.889. The maximum Gasteiger partial charge on any atom is 0.290 e. The summed E-state index contributed by atoms with van der Waals surface area (Å²) in [5.74, 6) is 0.656. The predicted molar refractivity (Wildman–Crippen MR) is 152 cm³/mol. The highest BCUT2D eigenvalue weighted by Crippen LogP contribution is 2.39. The van der Waals surface area contributed by atoms with Crippen LogP contribution in [0.1, 0.15) is 20.8 Å². The van der Waals surface area contributed by atoms with E-state index in [0.29, 0.717) is 24.5 Å². The van der Waals surface area contributed by atoms with E-state index in [0.717, 1.165) is 39.0 Å². The van der Waals surface area contributed by atoms with E-state index < -0.39 is 11.7 Å². The molecule has 1 amide bonds. The molecule has 39 heavy (non-hydrogen) atoms. The molecule has 1 fully saturated rings. The summed E-state index contributed by atoms with van der Waals surface area (Å²) >= 11 is 0. The lowest BCUT2D eigenvalue weighted by Gasteiger charge is -2.44. The molecule has 5 rings (SSSR count). The Kier molecular flexibility index (Phi) is 6.99. The van der Waals surface area contributed by atoms with Gasteiger partial charge in [0.2, 0.25) is 5.78 Å². The normalized spacial score (nSPS) is 17.1. The van der Waals surface area contributed by atoms with Gasteiger partial charge >= 0.3 is 0 Å². The average Bonchev–Trinajstić information content (AvgIpc) is 2.95. The molecule has 8 heteroatoms. The van der Waals surface area contributed by atoms with Crippen LogP contribution in [0.25, 0.3) is 38.0 Å². The van der Waals surface area contributed by atoms with Gasteiger partial charge < -0.3 is 14.5 Å². The maximum absolute atomic E-state index is 12.4. The summed E-state index contributed by atoms with van der Waals surface area (Å²) in [6.07, 6.45) is 3.63. The lowest BCUT2D eigenvalue weighted by Crippen LogP contribution is -2.60. The number of anilines is 1. The van der Waals surface area contributed by atoms with Gasteiger partial charge in [-0.1, -0.05) is 36.4 Å². The molecule has 2 aromatic heterocycles. The summed E-state index contributed by atoms with van der Waals surface area (Å²) in [4.78, 5) is 40.9. The molecule has 0 unspecified atom stereocenters. The van der Waals surface area contributed by atoms with Crippen molar-refractivity contribution in [3.63, 3.8) is 0 Å². The standard InChI is InChI=1S/C31H29N5O3/c1-19-17-35(18-20(2)36(19)31(38)21(3)37)28-14-11-23(15-33-28)27-16-34-29-25(7-6-8-26(29)30(27)39-5)22-9-12-24(32-4)13-10-22/h6-16,19-20H,17-18H2,1-3,5H3/t19-,20+. The zero-order chi connectivity index (χ0) is 27.7. The average molecular weight is 520 g/mol. The fourth-order valence-corrected chi connectivity index (χ4v) is 5.40. The van der Waals surface area contributed by atoms with Crippen molar-refractivity contribution in [2.75, 3.05) is 25.1 Å². The van der Waals surface area contributed by atoms with Crippen LogP contribution in [0.15, 0.2) is 67.0 Å². The van der Waals surface area contributed by atoms with Crippen molar-refractivity contribution in [1.82, 2.24) is 14.9 Å². The van der Waals surface area contributed by atoms with E-state index in [4.69, 9.17) is 21.3 Å². The number of nitrogens with zero attached hydrogens (tertiary/aromatic N) is 5. The van der Waals surface area contributed by atoms with Crippen molar-refractivity contribution in [3.05, 3.63) is 78.4 Å². The third kappa shape index (κ3) is 4.79. The minimum absolute atomic E-state index is 0.108. The fourth-order valence-electron chi connectivity index (χ4n) is 5.40. The second-order valence-corrected chi connectivity index (χ2v) is 9.84. The number of fused-ring (bicyclic) bond motifs is 1. The summed E-state index contributed by atoms with van der Waals surface area (Å²) in [5.41, 5.74) is 5.08. The first-order valence-corrected chi connectivity index (χ1v) is 12.8. The number of rotatable bonds is 5. The number of para-hydroxylation sites is 1. The first-order chi connectivity index (χ1) is 18.8. The predicted octanol–water partition coefficient (Wildman–Crippen LogP) is 5.54. The van der Waals surface area contributed by atoms with Gasteiger partial charge in [0.15, 0.2) is 5.69 Å². The smallest absolute Gasteiger partial charge is 0.290 e. The third-order valence-electron chi connectivity index (χ3n) is 7.20. The molecule has 1 aliphatic rings. The monoisotopic (exact) mass is 519 g/mol. The van der Waals surface area contributed by atoms with Gasteiger partial charge in [-0.2, -0.15) is 0 Å². The van der Waals surface area contributed by atoms with Crippen molar-refractivity contribution in [1.29, 1.82) is 0 Å². The van der Waals surface area contributed by atoms with Gasteiger partial charge in [0.1, 0.15) is 11.6 Å². The number of aromatic nitrogens is 2. The third-order valence-corrected chi connectivity index (χ3v) is 7.20. The molecular formula is C31H29N5O3. The van der Waals surface area contributed by atoms with Crippen LogP contribution in [0.2, 0.25) is 0 Å². The molecule has 1 aliphatic heterocycles. The van der Waals surface area contributed by atoms with Gasteiger partial charge in [0.05, 0.1) is 19.2 Å². The van der Waals surface area contributed by atoms with Crippen molar-refractivity contribution < 1.29 is 14.3 Å². The van der Waals surface area contributed by atoms with E-state index in [2.05, 4.69) is 9.74 Å². The number of benzene rings is 2. The number of carbonyl (C=O) groups is 2. The van der Waals surface area contributed by atoms with Crippen molar-refractivity contribution >= 4 is 34.1 Å². The van der Waals surface area contributed by atoms with E-state index in [1.807, 2.05) is 80.8 Å². The lowest BCUT2D eigenvalue weighted by molar-refractivity contribution is -0.147. The van der Waals surface area contributed by atoms with Crippen LogP contribution in [0, 0.1) is 6.57 Å². The number of amides is 1. The number of carbonyl (C=O) groups excluding carboxylic acids is 2. The largest absolute Gasteiger partial charge is 0.495 e. The van der Waals surface area contributed by atoms with E-state index >= 15 is 0 Å². The highest BCUT2D eigenvalue weighted by Gasteiger charge is 2.34. The SMILES string of the molecule is [C-]#[N+]c1ccc(-c2cccc3c(OC)c(-c4ccc(N5C[C@@H](C)N(C(=O)C(C)=O)[C@@H](C)C5)nc4)cnc23)cc1. The van der Waals surface area contributed by atoms with Gasteiger partial charge in [-0.25, -0.2) is 9.83 Å². The molecule has 1 saturated heterocycles. The highest BCUT2D eigenvalue weighted by atomic mass is 16.5. The Morgan fingerprint density at radius 3 is 2.21 bits per heavy atom. The van der Waals surface area contributed by atoms with Crippen LogP contribution in [0.3, 0.4) is 0 Å². The summed E-state index contributed by atoms with van der Waals surface area (Å²) < 4.78 is 5.89. The topological polar surface area (TPSA) is 80.0 Å². The summed E-state index contributed by atoms with van der Waals surface area (Å²) in [7, 11) is 1.65. The second-order valence-electron chi connectivity index (χ2n) is 9.84. The molecule has 3 heterocycles. The van der Waals surface area contributed by atoms with Gasteiger partial charge in [-0.15, -0.1) is 0 Å². The number of piperazine rings is 1. The van der Waals surface area contributed by atoms with E-state index in [1.165, 1.54) is 6.92 Å². The van der Waals surface area contributed by atoms with Crippen molar-refractivity contribution in [3.8, 4) is 28.0 Å². The molecule has 0 bridgehead atoms. The molecule has 0 radical (unpaired) electrons. The Morgan fingerprint density at radius 2 is 1.62 bits per heavy atom. The molecule has 0 saturated carbocycles. The minimum Gasteiger partial charge on any atom is -0.495 e. The zero-order valence-corrected chi connectivity index (χ0v) is 22.4. The Morgan fingerprint density at radius 1 is 0.923 bits per heavy atom. The molecule has 0 N–H and O–H groups in total. The quantitative estimate of drug-likeness (QED) is 0.255. The van der Waals surface area contributed by atoms with Crippen LogP contribution < -0.4 is 9.64 Å². The van der Waals surface area contributed by atoms with Gasteiger partial charge in [-0.3, -0.25) is 14.6 Å².